The largest absolute Gasteiger partial charge is 0.416 e. The zero-order valence-corrected chi connectivity index (χ0v) is 18.5. The zero-order valence-electron chi connectivity index (χ0n) is 18.5. The van der Waals surface area contributed by atoms with Crippen LogP contribution in [0.5, 0.6) is 0 Å². The average Bonchev–Trinajstić information content (AvgIpc) is 3.62. The summed E-state index contributed by atoms with van der Waals surface area (Å²) in [5, 5.41) is 0. The smallest absolute Gasteiger partial charge is 0.379 e. The molecule has 2 aromatic rings. The fourth-order valence-corrected chi connectivity index (χ4v) is 4.70. The van der Waals surface area contributed by atoms with Gasteiger partial charge < -0.3 is 15.4 Å². The Labute approximate surface area is 196 Å². The Kier molecular flexibility index (Phi) is 6.33. The summed E-state index contributed by atoms with van der Waals surface area (Å²) < 4.78 is 87.0. The van der Waals surface area contributed by atoms with Gasteiger partial charge in [0.15, 0.2) is 0 Å². The second-order valence-corrected chi connectivity index (χ2v) is 8.82. The number of hydrogen-bond acceptors (Lipinski definition) is 3. The van der Waals surface area contributed by atoms with Crippen molar-refractivity contribution in [1.82, 2.24) is 4.90 Å². The first-order valence-electron chi connectivity index (χ1n) is 10.8. The average molecular weight is 500 g/mol. The van der Waals surface area contributed by atoms with E-state index in [0.717, 1.165) is 17.7 Å². The number of carbonyl (C=O) groups excluding carboxylic acids is 2. The van der Waals surface area contributed by atoms with Gasteiger partial charge in [0.1, 0.15) is 0 Å². The van der Waals surface area contributed by atoms with Gasteiger partial charge in [0.25, 0.3) is 5.91 Å². The topological polar surface area (TPSA) is 72.6 Å². The minimum Gasteiger partial charge on any atom is -0.379 e. The molecule has 2 amide bonds. The van der Waals surface area contributed by atoms with Crippen LogP contribution < -0.4 is 5.73 Å². The van der Waals surface area contributed by atoms with E-state index in [2.05, 4.69) is 0 Å². The first kappa shape index (κ1) is 25.0. The number of methoxy groups -OCH3 is 1. The highest BCUT2D eigenvalue weighted by Crippen LogP contribution is 2.46. The highest BCUT2D eigenvalue weighted by Gasteiger charge is 2.47. The highest BCUT2D eigenvalue weighted by molar-refractivity contribution is 6.01. The van der Waals surface area contributed by atoms with Crippen molar-refractivity contribution >= 4 is 11.8 Å². The lowest BCUT2D eigenvalue weighted by Gasteiger charge is -2.42. The number of amides is 2. The monoisotopic (exact) mass is 500 g/mol. The lowest BCUT2D eigenvalue weighted by Crippen LogP contribution is -2.49. The number of nitrogens with two attached hydrogens (primary N) is 1. The van der Waals surface area contributed by atoms with Crippen LogP contribution in [0.25, 0.3) is 0 Å². The molecule has 1 saturated carbocycles. The molecule has 1 heterocycles. The van der Waals surface area contributed by atoms with Crippen molar-refractivity contribution in [2.75, 3.05) is 13.7 Å². The fraction of sp³-hybridized carbons (Fsp3) is 0.417. The molecule has 2 aliphatic rings. The van der Waals surface area contributed by atoms with Gasteiger partial charge in [0, 0.05) is 19.2 Å². The zero-order chi connectivity index (χ0) is 25.7. The number of fused-ring (bicyclic) bond motifs is 1. The van der Waals surface area contributed by atoms with Gasteiger partial charge in [-0.15, -0.1) is 0 Å². The van der Waals surface area contributed by atoms with Crippen LogP contribution in [0.2, 0.25) is 0 Å². The predicted octanol–water partition coefficient (Wildman–Crippen LogP) is 4.92. The molecular formula is C24H22F6N2O3. The summed E-state index contributed by atoms with van der Waals surface area (Å²) in [5.41, 5.74) is 2.35. The molecule has 1 aliphatic heterocycles. The van der Waals surface area contributed by atoms with E-state index in [9.17, 15) is 35.9 Å². The van der Waals surface area contributed by atoms with Crippen molar-refractivity contribution in [3.05, 3.63) is 70.3 Å². The number of ether oxygens (including phenoxy) is 1. The van der Waals surface area contributed by atoms with Gasteiger partial charge >= 0.3 is 12.4 Å². The number of carbonyl (C=O) groups is 2. The van der Waals surface area contributed by atoms with E-state index < -0.39 is 58.9 Å². The molecule has 3 unspecified atom stereocenters. The molecule has 0 saturated heterocycles. The van der Waals surface area contributed by atoms with Crippen LogP contribution in [0.15, 0.2) is 42.5 Å². The Hall–Kier alpha value is -3.08. The van der Waals surface area contributed by atoms with E-state index >= 15 is 0 Å². The van der Waals surface area contributed by atoms with Gasteiger partial charge in [-0.05, 0) is 54.2 Å². The molecule has 188 valence electrons. The van der Waals surface area contributed by atoms with Crippen molar-refractivity contribution in [3.63, 3.8) is 0 Å². The number of benzene rings is 2. The number of primary amides is 1. The van der Waals surface area contributed by atoms with Crippen LogP contribution in [0, 0.1) is 5.92 Å². The number of halogens is 6. The van der Waals surface area contributed by atoms with Gasteiger partial charge in [0.05, 0.1) is 29.2 Å². The standard InChI is InChI=1S/C24H22F6N2O3/c1-35-18(12-6-7-12)11-32-20(19(21(31)33)16-4-2-3-5-17(16)22(32)34)13-8-14(23(25,26)27)10-15(9-13)24(28,29)30/h2-5,8-10,12,18-20H,6-7,11H2,1H3,(H2,31,33). The van der Waals surface area contributed by atoms with Crippen molar-refractivity contribution in [2.24, 2.45) is 11.7 Å². The van der Waals surface area contributed by atoms with Crippen LogP contribution in [0.4, 0.5) is 26.3 Å². The maximum atomic E-state index is 13.6. The second kappa shape index (κ2) is 8.85. The Morgan fingerprint density at radius 2 is 1.63 bits per heavy atom. The summed E-state index contributed by atoms with van der Waals surface area (Å²) in [6.45, 7) is -0.125. The molecule has 11 heteroatoms. The molecule has 2 aromatic carbocycles. The molecule has 0 aromatic heterocycles. The first-order chi connectivity index (χ1) is 16.3. The predicted molar refractivity (Wildman–Crippen MR) is 112 cm³/mol. The van der Waals surface area contributed by atoms with Crippen LogP contribution in [0.3, 0.4) is 0 Å². The Bertz CT molecular complexity index is 1110. The summed E-state index contributed by atoms with van der Waals surface area (Å²) >= 11 is 0. The number of alkyl halides is 6. The third-order valence-electron chi connectivity index (χ3n) is 6.52. The molecule has 3 atom stereocenters. The Morgan fingerprint density at radius 1 is 1.06 bits per heavy atom. The quantitative estimate of drug-likeness (QED) is 0.573. The summed E-state index contributed by atoms with van der Waals surface area (Å²) in [7, 11) is 1.41. The molecule has 0 spiro atoms. The van der Waals surface area contributed by atoms with Gasteiger partial charge in [-0.2, -0.15) is 26.3 Å². The third kappa shape index (κ3) is 4.86. The van der Waals surface area contributed by atoms with Crippen LogP contribution >= 0.6 is 0 Å². The van der Waals surface area contributed by atoms with E-state index in [1.165, 1.54) is 25.3 Å². The number of hydrogen-bond donors (Lipinski definition) is 1. The maximum Gasteiger partial charge on any atom is 0.416 e. The number of rotatable bonds is 6. The van der Waals surface area contributed by atoms with Crippen molar-refractivity contribution in [3.8, 4) is 0 Å². The minimum absolute atomic E-state index is 0.00780. The lowest BCUT2D eigenvalue weighted by atomic mass is 9.78. The molecule has 1 fully saturated rings. The molecule has 35 heavy (non-hydrogen) atoms. The Balaban J connectivity index is 1.95. The summed E-state index contributed by atoms with van der Waals surface area (Å²) in [5.74, 6) is -2.89. The summed E-state index contributed by atoms with van der Waals surface area (Å²) in [6, 6.07) is 5.55. The van der Waals surface area contributed by atoms with Gasteiger partial charge in [-0.1, -0.05) is 18.2 Å². The van der Waals surface area contributed by atoms with E-state index in [1.807, 2.05) is 0 Å². The molecule has 5 nitrogen and oxygen atoms in total. The van der Waals surface area contributed by atoms with Crippen LogP contribution in [-0.2, 0) is 21.9 Å². The molecule has 2 N–H and O–H groups in total. The molecule has 0 bridgehead atoms. The second-order valence-electron chi connectivity index (χ2n) is 8.82. The third-order valence-corrected chi connectivity index (χ3v) is 6.52. The van der Waals surface area contributed by atoms with Gasteiger partial charge in [-0.3, -0.25) is 9.59 Å². The van der Waals surface area contributed by atoms with Gasteiger partial charge in [-0.25, -0.2) is 0 Å². The minimum atomic E-state index is -5.09. The molecular weight excluding hydrogens is 478 g/mol. The normalized spacial score (nSPS) is 21.6. The van der Waals surface area contributed by atoms with Crippen molar-refractivity contribution < 1.29 is 40.7 Å². The fourth-order valence-electron chi connectivity index (χ4n) is 4.70. The number of nitrogens with zero attached hydrogens (tertiary/aromatic N) is 1. The summed E-state index contributed by atoms with van der Waals surface area (Å²) in [4.78, 5) is 27.3. The SMILES string of the molecule is COC(CN1C(=O)c2ccccc2C(C(N)=O)C1c1cc(C(F)(F)F)cc(C(F)(F)F)c1)C1CC1. The van der Waals surface area contributed by atoms with Gasteiger partial charge in [0.2, 0.25) is 5.91 Å². The maximum absolute atomic E-state index is 13.6. The van der Waals surface area contributed by atoms with E-state index in [-0.39, 0.29) is 29.7 Å². The highest BCUT2D eigenvalue weighted by atomic mass is 19.4. The van der Waals surface area contributed by atoms with Crippen molar-refractivity contribution in [1.29, 1.82) is 0 Å². The van der Waals surface area contributed by atoms with Crippen LogP contribution in [-0.4, -0.2) is 36.5 Å². The van der Waals surface area contributed by atoms with Crippen molar-refractivity contribution in [2.45, 2.75) is 43.3 Å². The van der Waals surface area contributed by atoms with E-state index in [4.69, 9.17) is 10.5 Å². The molecule has 0 radical (unpaired) electrons. The van der Waals surface area contributed by atoms with E-state index in [1.54, 1.807) is 6.07 Å². The summed E-state index contributed by atoms with van der Waals surface area (Å²) in [6.07, 6.45) is -9.08. The van der Waals surface area contributed by atoms with Crippen LogP contribution in [0.1, 0.15) is 57.4 Å². The molecule has 1 aliphatic carbocycles. The first-order valence-corrected chi connectivity index (χ1v) is 10.8. The van der Waals surface area contributed by atoms with E-state index in [0.29, 0.717) is 12.1 Å². The Morgan fingerprint density at radius 3 is 2.11 bits per heavy atom. The lowest BCUT2D eigenvalue weighted by molar-refractivity contribution is -0.143. The molecule has 4 rings (SSSR count).